The van der Waals surface area contributed by atoms with Gasteiger partial charge in [-0.05, 0) is 25.7 Å². The Morgan fingerprint density at radius 2 is 1.37 bits per heavy atom. The molecule has 0 aliphatic carbocycles. The van der Waals surface area contributed by atoms with Gasteiger partial charge in [-0.25, -0.2) is 0 Å². The summed E-state index contributed by atoms with van der Waals surface area (Å²) in [6.45, 7) is 0.686. The Hall–Kier alpha value is -2.73. The average Bonchev–Trinajstić information content (AvgIpc) is 3.38. The van der Waals surface area contributed by atoms with Gasteiger partial charge in [-0.1, -0.05) is 0 Å². The molecule has 0 unspecified atom stereocenters. The maximum absolute atomic E-state index is 12.9. The number of aliphatic hydroxyl groups is 2. The van der Waals surface area contributed by atoms with Gasteiger partial charge in [0.1, 0.15) is 24.2 Å². The first-order valence-electron chi connectivity index (χ1n) is 9.90. The molecule has 0 aromatic rings. The van der Waals surface area contributed by atoms with Gasteiger partial charge in [0, 0.05) is 20.0 Å². The van der Waals surface area contributed by atoms with Crippen molar-refractivity contribution in [1.29, 1.82) is 0 Å². The highest BCUT2D eigenvalue weighted by atomic mass is 16.3. The molecule has 6 N–H and O–H groups in total. The van der Waals surface area contributed by atoms with E-state index in [4.69, 9.17) is 10.8 Å². The van der Waals surface area contributed by atoms with E-state index in [1.165, 1.54) is 16.7 Å². The smallest absolute Gasteiger partial charge is 0.248 e. The molecular formula is C18H29N5O7. The van der Waals surface area contributed by atoms with Crippen LogP contribution in [0.5, 0.6) is 0 Å². The summed E-state index contributed by atoms with van der Waals surface area (Å²) < 4.78 is 0. The van der Waals surface area contributed by atoms with Crippen molar-refractivity contribution in [3.05, 3.63) is 0 Å². The van der Waals surface area contributed by atoms with Crippen molar-refractivity contribution < 1.29 is 34.2 Å². The first kappa shape index (κ1) is 23.5. The Kier molecular flexibility index (Phi) is 8.12. The number of carbonyl (C=O) groups excluding carboxylic acids is 5. The molecule has 0 radical (unpaired) electrons. The highest BCUT2D eigenvalue weighted by molar-refractivity contribution is 5.95. The quantitative estimate of drug-likeness (QED) is 0.265. The second-order valence-electron chi connectivity index (χ2n) is 7.45. The SMILES string of the molecule is CC(=O)N1CCC[C@@H]1C(=O)N[C@@H](CO)C(=O)N1CCC[C@@H]1C(=O)N[C@@H](CO)C(N)=O. The molecular weight excluding hydrogens is 398 g/mol. The van der Waals surface area contributed by atoms with Crippen LogP contribution in [0.25, 0.3) is 0 Å². The molecule has 5 amide bonds. The largest absolute Gasteiger partial charge is 0.394 e. The molecule has 12 nitrogen and oxygen atoms in total. The topological polar surface area (TPSA) is 182 Å². The fourth-order valence-electron chi connectivity index (χ4n) is 3.85. The van der Waals surface area contributed by atoms with Crippen LogP contribution in [-0.4, -0.2) is 100 Å². The number of nitrogens with one attached hydrogen (secondary N) is 2. The molecule has 0 aromatic heterocycles. The van der Waals surface area contributed by atoms with E-state index in [1.54, 1.807) is 0 Å². The number of nitrogens with two attached hydrogens (primary N) is 1. The summed E-state index contributed by atoms with van der Waals surface area (Å²) in [5.74, 6) is -2.99. The van der Waals surface area contributed by atoms with E-state index in [1.807, 2.05) is 0 Å². The lowest BCUT2D eigenvalue weighted by molar-refractivity contribution is -0.144. The maximum atomic E-state index is 12.9. The number of amides is 5. The van der Waals surface area contributed by atoms with Gasteiger partial charge < -0.3 is 36.4 Å². The Bertz CT molecular complexity index is 700. The fourth-order valence-corrected chi connectivity index (χ4v) is 3.85. The van der Waals surface area contributed by atoms with E-state index in [-0.39, 0.29) is 12.5 Å². The van der Waals surface area contributed by atoms with E-state index in [2.05, 4.69) is 10.6 Å². The van der Waals surface area contributed by atoms with Crippen LogP contribution in [0.15, 0.2) is 0 Å². The molecule has 2 heterocycles. The molecule has 4 atom stereocenters. The molecule has 2 saturated heterocycles. The molecule has 0 aromatic carbocycles. The van der Waals surface area contributed by atoms with Crippen molar-refractivity contribution in [2.75, 3.05) is 26.3 Å². The van der Waals surface area contributed by atoms with Crippen molar-refractivity contribution in [3.8, 4) is 0 Å². The minimum atomic E-state index is -1.27. The Morgan fingerprint density at radius 1 is 0.900 bits per heavy atom. The summed E-state index contributed by atoms with van der Waals surface area (Å²) in [5.41, 5.74) is 5.10. The number of hydrogen-bond acceptors (Lipinski definition) is 7. The van der Waals surface area contributed by atoms with Crippen molar-refractivity contribution in [3.63, 3.8) is 0 Å². The van der Waals surface area contributed by atoms with Crippen molar-refractivity contribution in [2.24, 2.45) is 5.73 Å². The van der Waals surface area contributed by atoms with Gasteiger partial charge in [0.25, 0.3) is 0 Å². The lowest BCUT2D eigenvalue weighted by atomic mass is 10.1. The average molecular weight is 427 g/mol. The van der Waals surface area contributed by atoms with Gasteiger partial charge in [-0.2, -0.15) is 0 Å². The second kappa shape index (κ2) is 10.3. The molecule has 30 heavy (non-hydrogen) atoms. The zero-order chi connectivity index (χ0) is 22.4. The number of hydrogen-bond donors (Lipinski definition) is 5. The van der Waals surface area contributed by atoms with Crippen LogP contribution < -0.4 is 16.4 Å². The van der Waals surface area contributed by atoms with Crippen molar-refractivity contribution in [2.45, 2.75) is 56.8 Å². The molecule has 2 aliphatic rings. The first-order chi connectivity index (χ1) is 14.2. The van der Waals surface area contributed by atoms with E-state index >= 15 is 0 Å². The van der Waals surface area contributed by atoms with Gasteiger partial charge in [0.15, 0.2) is 0 Å². The number of rotatable bonds is 8. The standard InChI is InChI=1S/C18H29N5O7/c1-10(26)22-6-2-4-13(22)16(28)21-12(9-25)18(30)23-7-3-5-14(23)17(29)20-11(8-24)15(19)27/h11-14,24-25H,2-9H2,1H3,(H2,19,27)(H,20,29)(H,21,28)/t11-,12-,13+,14+/m0/s1. The summed E-state index contributed by atoms with van der Waals surface area (Å²) in [6, 6.07) is -4.17. The van der Waals surface area contributed by atoms with Crippen LogP contribution in [-0.2, 0) is 24.0 Å². The van der Waals surface area contributed by atoms with E-state index in [0.29, 0.717) is 32.2 Å². The Morgan fingerprint density at radius 3 is 1.83 bits per heavy atom. The number of aliphatic hydroxyl groups excluding tert-OH is 2. The molecule has 0 bridgehead atoms. The molecule has 12 heteroatoms. The highest BCUT2D eigenvalue weighted by Crippen LogP contribution is 2.20. The summed E-state index contributed by atoms with van der Waals surface area (Å²) in [6.07, 6.45) is 1.95. The third-order valence-electron chi connectivity index (χ3n) is 5.44. The number of nitrogens with zero attached hydrogens (tertiary/aromatic N) is 2. The lowest BCUT2D eigenvalue weighted by Gasteiger charge is -2.30. The van der Waals surface area contributed by atoms with Gasteiger partial charge in [0.05, 0.1) is 13.2 Å². The zero-order valence-corrected chi connectivity index (χ0v) is 16.9. The molecule has 2 aliphatic heterocycles. The van der Waals surface area contributed by atoms with Crippen molar-refractivity contribution in [1.82, 2.24) is 20.4 Å². The predicted octanol–water partition coefficient (Wildman–Crippen LogP) is -3.57. The third kappa shape index (κ3) is 5.25. The second-order valence-corrected chi connectivity index (χ2v) is 7.45. The van der Waals surface area contributed by atoms with E-state index in [9.17, 15) is 29.1 Å². The number of likely N-dealkylation sites (tertiary alicyclic amines) is 2. The van der Waals surface area contributed by atoms with Crippen LogP contribution in [0.4, 0.5) is 0 Å². The lowest BCUT2D eigenvalue weighted by Crippen LogP contribution is -2.58. The van der Waals surface area contributed by atoms with Gasteiger partial charge in [-0.15, -0.1) is 0 Å². The summed E-state index contributed by atoms with van der Waals surface area (Å²) in [4.78, 5) is 63.5. The van der Waals surface area contributed by atoms with Crippen LogP contribution in [0.2, 0.25) is 0 Å². The van der Waals surface area contributed by atoms with Gasteiger partial charge >= 0.3 is 0 Å². The fraction of sp³-hybridized carbons (Fsp3) is 0.722. The summed E-state index contributed by atoms with van der Waals surface area (Å²) in [5, 5.41) is 23.6. The molecule has 168 valence electrons. The predicted molar refractivity (Wildman–Crippen MR) is 102 cm³/mol. The first-order valence-corrected chi connectivity index (χ1v) is 9.90. The Balaban J connectivity index is 2.04. The van der Waals surface area contributed by atoms with Crippen LogP contribution >= 0.6 is 0 Å². The molecule has 0 spiro atoms. The van der Waals surface area contributed by atoms with E-state index < -0.39 is 61.0 Å². The number of primary amides is 1. The normalized spacial score (nSPS) is 23.0. The summed E-state index contributed by atoms with van der Waals surface area (Å²) >= 11 is 0. The van der Waals surface area contributed by atoms with Gasteiger partial charge in [-0.3, -0.25) is 24.0 Å². The number of carbonyl (C=O) groups is 5. The highest BCUT2D eigenvalue weighted by Gasteiger charge is 2.40. The van der Waals surface area contributed by atoms with Crippen LogP contribution in [0.3, 0.4) is 0 Å². The van der Waals surface area contributed by atoms with Crippen molar-refractivity contribution >= 4 is 29.5 Å². The van der Waals surface area contributed by atoms with Crippen LogP contribution in [0.1, 0.15) is 32.6 Å². The van der Waals surface area contributed by atoms with E-state index in [0.717, 1.165) is 0 Å². The molecule has 0 saturated carbocycles. The monoisotopic (exact) mass is 427 g/mol. The van der Waals surface area contributed by atoms with Crippen LogP contribution in [0, 0.1) is 0 Å². The Labute approximate surface area is 173 Å². The minimum Gasteiger partial charge on any atom is -0.394 e. The minimum absolute atomic E-state index is 0.229. The third-order valence-corrected chi connectivity index (χ3v) is 5.44. The summed E-state index contributed by atoms with van der Waals surface area (Å²) in [7, 11) is 0. The molecule has 2 rings (SSSR count). The zero-order valence-electron chi connectivity index (χ0n) is 16.9. The maximum Gasteiger partial charge on any atom is 0.248 e. The molecule has 2 fully saturated rings. The van der Waals surface area contributed by atoms with Gasteiger partial charge in [0.2, 0.25) is 29.5 Å².